The molecular formula is C13H15NO2. The lowest BCUT2D eigenvalue weighted by Crippen LogP contribution is -1.95. The second-order valence-corrected chi connectivity index (χ2v) is 3.60. The van der Waals surface area contributed by atoms with Gasteiger partial charge in [0.2, 0.25) is 0 Å². The van der Waals surface area contributed by atoms with E-state index in [0.717, 1.165) is 22.8 Å². The molecule has 0 saturated carbocycles. The van der Waals surface area contributed by atoms with Crippen LogP contribution in [0.5, 0.6) is 5.75 Å². The Morgan fingerprint density at radius 1 is 1.25 bits per heavy atom. The first kappa shape index (κ1) is 10.8. The molecule has 0 radical (unpaired) electrons. The number of benzene rings is 1. The van der Waals surface area contributed by atoms with E-state index in [9.17, 15) is 0 Å². The van der Waals surface area contributed by atoms with Gasteiger partial charge in [-0.05, 0) is 25.1 Å². The van der Waals surface area contributed by atoms with E-state index in [1.54, 1.807) is 0 Å². The van der Waals surface area contributed by atoms with E-state index in [1.165, 1.54) is 0 Å². The lowest BCUT2D eigenvalue weighted by molar-refractivity contribution is 0.303. The molecule has 1 aromatic carbocycles. The van der Waals surface area contributed by atoms with Gasteiger partial charge in [0.25, 0.3) is 0 Å². The third kappa shape index (κ3) is 2.44. The fourth-order valence-corrected chi connectivity index (χ4v) is 1.51. The predicted molar refractivity (Wildman–Crippen MR) is 62.1 cm³/mol. The minimum atomic E-state index is 0.423. The van der Waals surface area contributed by atoms with Gasteiger partial charge >= 0.3 is 0 Å². The first-order valence-corrected chi connectivity index (χ1v) is 5.25. The Labute approximate surface area is 94.8 Å². The van der Waals surface area contributed by atoms with E-state index in [-0.39, 0.29) is 0 Å². The van der Waals surface area contributed by atoms with Crippen molar-refractivity contribution in [3.05, 3.63) is 53.5 Å². The minimum absolute atomic E-state index is 0.423. The average molecular weight is 217 g/mol. The summed E-state index contributed by atoms with van der Waals surface area (Å²) in [5.41, 5.74) is 6.55. The van der Waals surface area contributed by atoms with Crippen LogP contribution in [0.3, 0.4) is 0 Å². The van der Waals surface area contributed by atoms with Crippen LogP contribution >= 0.6 is 0 Å². The highest BCUT2D eigenvalue weighted by atomic mass is 16.5. The van der Waals surface area contributed by atoms with Crippen molar-refractivity contribution in [2.45, 2.75) is 20.1 Å². The zero-order valence-electron chi connectivity index (χ0n) is 9.27. The quantitative estimate of drug-likeness (QED) is 0.856. The van der Waals surface area contributed by atoms with Crippen molar-refractivity contribution >= 4 is 0 Å². The fourth-order valence-electron chi connectivity index (χ4n) is 1.51. The molecule has 0 aliphatic carbocycles. The van der Waals surface area contributed by atoms with Crippen molar-refractivity contribution in [3.63, 3.8) is 0 Å². The second kappa shape index (κ2) is 4.86. The predicted octanol–water partition coefficient (Wildman–Crippen LogP) is 2.63. The number of nitrogens with two attached hydrogens (primary N) is 1. The smallest absolute Gasteiger partial charge is 0.119 e. The van der Waals surface area contributed by atoms with Crippen molar-refractivity contribution in [2.75, 3.05) is 0 Å². The van der Waals surface area contributed by atoms with E-state index in [0.29, 0.717) is 13.2 Å². The highest BCUT2D eigenvalue weighted by Crippen LogP contribution is 2.17. The molecule has 16 heavy (non-hydrogen) atoms. The Morgan fingerprint density at radius 3 is 2.62 bits per heavy atom. The van der Waals surface area contributed by atoms with Crippen LogP contribution in [-0.4, -0.2) is 0 Å². The molecule has 1 heterocycles. The maximum Gasteiger partial charge on any atom is 0.119 e. The molecule has 0 aliphatic heterocycles. The number of rotatable bonds is 4. The molecule has 1 aromatic heterocycles. The van der Waals surface area contributed by atoms with Gasteiger partial charge < -0.3 is 14.9 Å². The Morgan fingerprint density at radius 2 is 2.00 bits per heavy atom. The molecule has 2 rings (SSSR count). The molecule has 0 atom stereocenters. The topological polar surface area (TPSA) is 48.4 Å². The van der Waals surface area contributed by atoms with Crippen LogP contribution in [0.15, 0.2) is 40.8 Å². The van der Waals surface area contributed by atoms with Gasteiger partial charge in [-0.25, -0.2) is 0 Å². The van der Waals surface area contributed by atoms with Gasteiger partial charge in [-0.1, -0.05) is 18.2 Å². The molecular weight excluding hydrogens is 202 g/mol. The highest BCUT2D eigenvalue weighted by molar-refractivity contribution is 5.24. The SMILES string of the molecule is Cc1oc(CN)cc1COc1ccccc1. The Kier molecular flexibility index (Phi) is 3.27. The molecule has 2 N–H and O–H groups in total. The van der Waals surface area contributed by atoms with Gasteiger partial charge in [-0.2, -0.15) is 0 Å². The zero-order valence-corrected chi connectivity index (χ0v) is 9.27. The lowest BCUT2D eigenvalue weighted by Gasteiger charge is -2.04. The maximum atomic E-state index is 5.63. The molecule has 0 amide bonds. The molecule has 0 fully saturated rings. The van der Waals surface area contributed by atoms with E-state index in [2.05, 4.69) is 0 Å². The number of para-hydroxylation sites is 1. The number of aryl methyl sites for hydroxylation is 1. The minimum Gasteiger partial charge on any atom is -0.489 e. The summed E-state index contributed by atoms with van der Waals surface area (Å²) in [5.74, 6) is 2.53. The van der Waals surface area contributed by atoms with Crippen LogP contribution in [0.25, 0.3) is 0 Å². The molecule has 3 nitrogen and oxygen atoms in total. The molecule has 0 aliphatic rings. The summed E-state index contributed by atoms with van der Waals surface area (Å²) < 4.78 is 11.1. The standard InChI is InChI=1S/C13H15NO2/c1-10-11(7-13(8-14)16-10)9-15-12-5-3-2-4-6-12/h2-7H,8-9,14H2,1H3. The van der Waals surface area contributed by atoms with Gasteiger partial charge in [0, 0.05) is 5.56 Å². The van der Waals surface area contributed by atoms with Crippen molar-refractivity contribution in [1.82, 2.24) is 0 Å². The first-order chi connectivity index (χ1) is 7.79. The van der Waals surface area contributed by atoms with E-state index in [4.69, 9.17) is 14.9 Å². The monoisotopic (exact) mass is 217 g/mol. The van der Waals surface area contributed by atoms with Crippen molar-refractivity contribution < 1.29 is 9.15 Å². The van der Waals surface area contributed by atoms with E-state index in [1.807, 2.05) is 43.3 Å². The first-order valence-electron chi connectivity index (χ1n) is 5.25. The summed E-state index contributed by atoms with van der Waals surface area (Å²) >= 11 is 0. The summed E-state index contributed by atoms with van der Waals surface area (Å²) in [7, 11) is 0. The Hall–Kier alpha value is -1.74. The van der Waals surface area contributed by atoms with Crippen molar-refractivity contribution in [2.24, 2.45) is 5.73 Å². The number of furan rings is 1. The van der Waals surface area contributed by atoms with E-state index >= 15 is 0 Å². The molecule has 84 valence electrons. The summed E-state index contributed by atoms with van der Waals surface area (Å²) in [6.45, 7) is 2.86. The molecule has 0 unspecified atom stereocenters. The summed E-state index contributed by atoms with van der Waals surface area (Å²) in [6, 6.07) is 11.7. The van der Waals surface area contributed by atoms with Crippen molar-refractivity contribution in [3.8, 4) is 5.75 Å². The normalized spacial score (nSPS) is 10.4. The van der Waals surface area contributed by atoms with Gasteiger partial charge in [0.1, 0.15) is 23.9 Å². The Balaban J connectivity index is 2.02. The van der Waals surface area contributed by atoms with Crippen molar-refractivity contribution in [1.29, 1.82) is 0 Å². The number of hydrogen-bond acceptors (Lipinski definition) is 3. The largest absolute Gasteiger partial charge is 0.489 e. The van der Waals surface area contributed by atoms with Gasteiger partial charge in [0.15, 0.2) is 0 Å². The third-order valence-corrected chi connectivity index (χ3v) is 2.41. The van der Waals surface area contributed by atoms with Crippen LogP contribution in [-0.2, 0) is 13.2 Å². The molecule has 0 saturated heterocycles. The number of hydrogen-bond donors (Lipinski definition) is 1. The summed E-state index contributed by atoms with van der Waals surface area (Å²) in [6.07, 6.45) is 0. The maximum absolute atomic E-state index is 5.63. The lowest BCUT2D eigenvalue weighted by atomic mass is 10.2. The number of ether oxygens (including phenoxy) is 1. The van der Waals surface area contributed by atoms with Gasteiger partial charge in [-0.15, -0.1) is 0 Å². The van der Waals surface area contributed by atoms with E-state index < -0.39 is 0 Å². The van der Waals surface area contributed by atoms with Crippen LogP contribution < -0.4 is 10.5 Å². The fraction of sp³-hybridized carbons (Fsp3) is 0.231. The van der Waals surface area contributed by atoms with Crippen LogP contribution in [0, 0.1) is 6.92 Å². The van der Waals surface area contributed by atoms with Crippen LogP contribution in [0.4, 0.5) is 0 Å². The average Bonchev–Trinajstić information content (AvgIpc) is 2.69. The van der Waals surface area contributed by atoms with Crippen LogP contribution in [0.2, 0.25) is 0 Å². The molecule has 3 heteroatoms. The zero-order chi connectivity index (χ0) is 11.4. The van der Waals surface area contributed by atoms with Crippen LogP contribution in [0.1, 0.15) is 17.1 Å². The second-order valence-electron chi connectivity index (χ2n) is 3.60. The summed E-state index contributed by atoms with van der Waals surface area (Å²) in [5, 5.41) is 0. The molecule has 0 bridgehead atoms. The molecule has 0 spiro atoms. The molecule has 2 aromatic rings. The summed E-state index contributed by atoms with van der Waals surface area (Å²) in [4.78, 5) is 0. The van der Waals surface area contributed by atoms with Gasteiger partial charge in [-0.3, -0.25) is 0 Å². The third-order valence-electron chi connectivity index (χ3n) is 2.41. The Bertz CT molecular complexity index is 448. The van der Waals surface area contributed by atoms with Gasteiger partial charge in [0.05, 0.1) is 6.54 Å². The highest BCUT2D eigenvalue weighted by Gasteiger charge is 2.06.